The van der Waals surface area contributed by atoms with Crippen LogP contribution in [-0.2, 0) is 23.7 Å². The lowest BCUT2D eigenvalue weighted by Gasteiger charge is -2.39. The molecule has 0 spiro atoms. The number of carbonyl (C=O) groups excluding carboxylic acids is 1. The summed E-state index contributed by atoms with van der Waals surface area (Å²) in [4.78, 5) is 12.8. The molecule has 1 heterocycles. The molecule has 1 fully saturated rings. The summed E-state index contributed by atoms with van der Waals surface area (Å²) in [5.74, 6) is -0.399. The lowest BCUT2D eigenvalue weighted by molar-refractivity contribution is -0.305. The molecule has 9 heteroatoms. The van der Waals surface area contributed by atoms with Gasteiger partial charge in [0.05, 0.1) is 19.8 Å². The van der Waals surface area contributed by atoms with Gasteiger partial charge in [0.2, 0.25) is 0 Å². The normalized spacial score (nSPS) is 20.1. The summed E-state index contributed by atoms with van der Waals surface area (Å²) in [5, 5.41) is 40.3. The maximum atomic E-state index is 12.8. The minimum atomic E-state index is -1.56. The van der Waals surface area contributed by atoms with Crippen LogP contribution in [0.4, 0.5) is 0 Å². The molecular formula is C59H96O9. The fraction of sp³-hybridized carbons (Fsp3) is 0.644. The number of allylic oxidation sites excluding steroid dienone is 20. The summed E-state index contributed by atoms with van der Waals surface area (Å²) in [6.07, 6.45) is 63.9. The standard InChI is InChI=1S/C59H96O9/c1-3-5-7-9-11-13-15-17-19-21-23-24-25-26-27-28-29-31-33-35-37-39-41-43-45-47-49-65-51-53(52-66-59-58(64)57(63)56(62)54(50-60)68-59)67-55(61)48-46-44-42-40-38-36-34-32-30-22-20-18-16-14-12-10-8-6-4-2/h5-8,11-14,17-20,23-24,30,32,36,38,42,44,53-54,56-60,62-64H,3-4,9-10,15-16,21-22,25-29,31,33-35,37,39-41,43,45-52H2,1-2H3/b7-5-,8-6-,13-11-,14-12-,19-17-,20-18-,24-23-,32-30-,38-36-,44-42-. The average molecular weight is 949 g/mol. The van der Waals surface area contributed by atoms with Crippen LogP contribution in [0, 0.1) is 0 Å². The number of unbranched alkanes of at least 4 members (excludes halogenated alkanes) is 13. The van der Waals surface area contributed by atoms with Gasteiger partial charge in [0.25, 0.3) is 0 Å². The Morgan fingerprint density at radius 2 is 0.853 bits per heavy atom. The van der Waals surface area contributed by atoms with E-state index in [2.05, 4.69) is 123 Å². The number of hydrogen-bond acceptors (Lipinski definition) is 9. The predicted octanol–water partition coefficient (Wildman–Crippen LogP) is 13.5. The molecule has 386 valence electrons. The van der Waals surface area contributed by atoms with Gasteiger partial charge in [-0.2, -0.15) is 0 Å². The van der Waals surface area contributed by atoms with E-state index < -0.39 is 49.4 Å². The van der Waals surface area contributed by atoms with Crippen molar-refractivity contribution in [2.24, 2.45) is 0 Å². The Hall–Kier alpha value is -3.41. The van der Waals surface area contributed by atoms with Gasteiger partial charge in [0, 0.05) is 13.0 Å². The van der Waals surface area contributed by atoms with E-state index in [1.54, 1.807) is 0 Å². The van der Waals surface area contributed by atoms with Gasteiger partial charge < -0.3 is 39.4 Å². The molecule has 9 nitrogen and oxygen atoms in total. The zero-order chi connectivity index (χ0) is 49.2. The highest BCUT2D eigenvalue weighted by molar-refractivity contribution is 5.69. The van der Waals surface area contributed by atoms with Crippen molar-refractivity contribution in [1.29, 1.82) is 0 Å². The number of hydrogen-bond donors (Lipinski definition) is 4. The number of rotatable bonds is 44. The van der Waals surface area contributed by atoms with Crippen molar-refractivity contribution in [3.05, 3.63) is 122 Å². The Kier molecular flexibility index (Phi) is 44.8. The van der Waals surface area contributed by atoms with Crippen molar-refractivity contribution in [1.82, 2.24) is 0 Å². The zero-order valence-corrected chi connectivity index (χ0v) is 42.6. The zero-order valence-electron chi connectivity index (χ0n) is 42.6. The third-order valence-corrected chi connectivity index (χ3v) is 11.4. The van der Waals surface area contributed by atoms with Gasteiger partial charge in [-0.3, -0.25) is 4.79 Å². The second-order valence-corrected chi connectivity index (χ2v) is 17.6. The van der Waals surface area contributed by atoms with Crippen molar-refractivity contribution in [2.45, 2.75) is 218 Å². The molecule has 68 heavy (non-hydrogen) atoms. The molecule has 0 aromatic rings. The molecule has 0 aliphatic carbocycles. The van der Waals surface area contributed by atoms with Gasteiger partial charge in [-0.05, 0) is 89.9 Å². The number of ether oxygens (including phenoxy) is 4. The molecule has 6 unspecified atom stereocenters. The van der Waals surface area contributed by atoms with E-state index in [1.165, 1.54) is 70.6 Å². The molecule has 1 aliphatic heterocycles. The van der Waals surface area contributed by atoms with Crippen LogP contribution < -0.4 is 0 Å². The summed E-state index contributed by atoms with van der Waals surface area (Å²) >= 11 is 0. The minimum absolute atomic E-state index is 0.106. The van der Waals surface area contributed by atoms with Gasteiger partial charge in [-0.15, -0.1) is 0 Å². The maximum absolute atomic E-state index is 12.8. The van der Waals surface area contributed by atoms with Crippen LogP contribution in [0.2, 0.25) is 0 Å². The van der Waals surface area contributed by atoms with Gasteiger partial charge in [-0.1, -0.05) is 206 Å². The minimum Gasteiger partial charge on any atom is -0.457 e. The van der Waals surface area contributed by atoms with E-state index in [9.17, 15) is 25.2 Å². The molecule has 0 aromatic carbocycles. The first kappa shape index (κ1) is 62.6. The van der Waals surface area contributed by atoms with Crippen LogP contribution in [0.25, 0.3) is 0 Å². The van der Waals surface area contributed by atoms with Crippen molar-refractivity contribution in [2.75, 3.05) is 26.4 Å². The Morgan fingerprint density at radius 3 is 1.28 bits per heavy atom. The van der Waals surface area contributed by atoms with Crippen molar-refractivity contribution >= 4 is 5.97 Å². The molecule has 6 atom stereocenters. The first-order valence-electron chi connectivity index (χ1n) is 26.6. The topological polar surface area (TPSA) is 135 Å². The fourth-order valence-corrected chi connectivity index (χ4v) is 7.33. The fourth-order valence-electron chi connectivity index (χ4n) is 7.33. The average Bonchev–Trinajstić information content (AvgIpc) is 3.34. The summed E-state index contributed by atoms with van der Waals surface area (Å²) < 4.78 is 22.8. The predicted molar refractivity (Wildman–Crippen MR) is 283 cm³/mol. The van der Waals surface area contributed by atoms with E-state index >= 15 is 0 Å². The largest absolute Gasteiger partial charge is 0.457 e. The Labute approximate surface area is 414 Å². The highest BCUT2D eigenvalue weighted by Gasteiger charge is 2.44. The molecule has 0 bridgehead atoms. The molecule has 4 N–H and O–H groups in total. The van der Waals surface area contributed by atoms with Crippen molar-refractivity contribution in [3.63, 3.8) is 0 Å². The van der Waals surface area contributed by atoms with E-state index in [1.807, 2.05) is 12.2 Å². The van der Waals surface area contributed by atoms with Crippen LogP contribution in [-0.4, -0.2) is 89.6 Å². The van der Waals surface area contributed by atoms with Crippen molar-refractivity contribution < 1.29 is 44.2 Å². The highest BCUT2D eigenvalue weighted by Crippen LogP contribution is 2.22. The van der Waals surface area contributed by atoms with E-state index in [0.717, 1.165) is 83.5 Å². The Morgan fingerprint density at radius 1 is 0.471 bits per heavy atom. The van der Waals surface area contributed by atoms with Gasteiger partial charge in [0.15, 0.2) is 6.29 Å². The number of carbonyl (C=O) groups is 1. The maximum Gasteiger partial charge on any atom is 0.306 e. The molecule has 0 amide bonds. The van der Waals surface area contributed by atoms with Crippen LogP contribution in [0.3, 0.4) is 0 Å². The first-order chi connectivity index (χ1) is 33.4. The monoisotopic (exact) mass is 949 g/mol. The Balaban J connectivity index is 2.23. The van der Waals surface area contributed by atoms with Crippen LogP contribution in [0.15, 0.2) is 122 Å². The third kappa shape index (κ3) is 38.4. The second-order valence-electron chi connectivity index (χ2n) is 17.6. The summed E-state index contributed by atoms with van der Waals surface area (Å²) in [6, 6.07) is 0. The van der Waals surface area contributed by atoms with Crippen LogP contribution in [0.5, 0.6) is 0 Å². The Bertz CT molecular complexity index is 1450. The van der Waals surface area contributed by atoms with Crippen LogP contribution >= 0.6 is 0 Å². The molecule has 0 saturated carbocycles. The quantitative estimate of drug-likeness (QED) is 0.0267. The second kappa shape index (κ2) is 48.6. The summed E-state index contributed by atoms with van der Waals surface area (Å²) in [7, 11) is 0. The lowest BCUT2D eigenvalue weighted by atomic mass is 9.99. The molecule has 1 rings (SSSR count). The molecule has 0 aromatic heterocycles. The van der Waals surface area contributed by atoms with E-state index in [0.29, 0.717) is 13.0 Å². The SMILES string of the molecule is CC/C=C\C/C=C\C/C=C\C/C=C\C/C=C\C/C=C\CCC(=O)OC(COCCCCCCCCCCCCCCC/C=C\C/C=C\C/C=C\C/C=C\CC)COC1OC(CO)C(O)C(O)C1O. The van der Waals surface area contributed by atoms with E-state index in [4.69, 9.17) is 18.9 Å². The lowest BCUT2D eigenvalue weighted by Crippen LogP contribution is -2.59. The third-order valence-electron chi connectivity index (χ3n) is 11.4. The van der Waals surface area contributed by atoms with Gasteiger partial charge in [0.1, 0.15) is 30.5 Å². The van der Waals surface area contributed by atoms with Crippen molar-refractivity contribution in [3.8, 4) is 0 Å². The van der Waals surface area contributed by atoms with Gasteiger partial charge >= 0.3 is 5.97 Å². The number of esters is 1. The molecular weight excluding hydrogens is 853 g/mol. The smallest absolute Gasteiger partial charge is 0.306 e. The number of aliphatic hydroxyl groups is 4. The van der Waals surface area contributed by atoms with Gasteiger partial charge in [-0.25, -0.2) is 0 Å². The molecule has 1 aliphatic rings. The molecule has 1 saturated heterocycles. The first-order valence-corrected chi connectivity index (χ1v) is 26.6. The summed E-state index contributed by atoms with van der Waals surface area (Å²) in [5.41, 5.74) is 0. The highest BCUT2D eigenvalue weighted by atomic mass is 16.7. The van der Waals surface area contributed by atoms with E-state index in [-0.39, 0.29) is 19.6 Å². The summed E-state index contributed by atoms with van der Waals surface area (Å²) in [6.45, 7) is 4.22. The van der Waals surface area contributed by atoms with Crippen LogP contribution in [0.1, 0.15) is 181 Å². The number of aliphatic hydroxyl groups excluding tert-OH is 4. The molecule has 0 radical (unpaired) electrons.